The van der Waals surface area contributed by atoms with Crippen molar-refractivity contribution in [2.45, 2.75) is 140 Å². The van der Waals surface area contributed by atoms with E-state index in [1.54, 1.807) is 0 Å². The number of hydrogen-bond acceptors (Lipinski definition) is 4. The Bertz CT molecular complexity index is 1610. The monoisotopic (exact) mass is 691 g/mol. The number of rotatable bonds is 4. The Balaban J connectivity index is 0.918. The van der Waals surface area contributed by atoms with Crippen molar-refractivity contribution >= 4 is 0 Å². The van der Waals surface area contributed by atoms with Crippen molar-refractivity contribution in [3.05, 3.63) is 71.3 Å². The molecule has 2 saturated heterocycles. The predicted octanol–water partition coefficient (Wildman–Crippen LogP) is 8.44. The Kier molecular flexibility index (Phi) is 8.05. The van der Waals surface area contributed by atoms with Gasteiger partial charge >= 0.3 is 0 Å². The highest BCUT2D eigenvalue weighted by Crippen LogP contribution is 2.78. The van der Waals surface area contributed by atoms with Crippen molar-refractivity contribution in [3.8, 4) is 0 Å². The molecule has 276 valence electrons. The van der Waals surface area contributed by atoms with Gasteiger partial charge in [-0.2, -0.15) is 0 Å². The van der Waals surface area contributed by atoms with E-state index in [4.69, 9.17) is 0 Å². The zero-order chi connectivity index (χ0) is 34.8. The average molecular weight is 692 g/mol. The van der Waals surface area contributed by atoms with Crippen LogP contribution in [0.1, 0.15) is 120 Å². The van der Waals surface area contributed by atoms with Crippen molar-refractivity contribution in [1.82, 2.24) is 4.90 Å². The SMILES string of the molecule is CC1CCC2N(C1)CC1C3CC4C56CCCC4(CC(O)C5CC(O)C4(CCC(Cc5cccc(Cc7ccccc7)c5)C4)C6)C3CCC1C2(C)O. The van der Waals surface area contributed by atoms with Crippen LogP contribution in [0.15, 0.2) is 54.6 Å². The largest absolute Gasteiger partial charge is 0.393 e. The smallest absolute Gasteiger partial charge is 0.0805 e. The van der Waals surface area contributed by atoms with Crippen molar-refractivity contribution in [2.75, 3.05) is 13.1 Å². The standard InChI is InChI=1S/C47H65NO3/c1-30-12-15-42-44(2,51)37-13-14-38-35(36(37)28-48(42)27-30)23-41-46(38)17-7-18-47(41)29-45(43(50)24-39(47)40(49)26-46)19-16-34(25-45)22-33-11-6-10-32(21-33)20-31-8-4-3-5-9-31/h3-6,8-11,21,30,34-43,49-51H,7,12-20,22-29H2,1-2H3. The van der Waals surface area contributed by atoms with E-state index in [2.05, 4.69) is 73.3 Å². The third-order valence-electron chi connectivity index (χ3n) is 18.3. The molecule has 0 amide bonds. The summed E-state index contributed by atoms with van der Waals surface area (Å²) in [6, 6.07) is 20.5. The average Bonchev–Trinajstić information content (AvgIpc) is 3.67. The van der Waals surface area contributed by atoms with E-state index < -0.39 is 5.60 Å². The Morgan fingerprint density at radius 3 is 2.39 bits per heavy atom. The molecule has 10 rings (SSSR count). The Morgan fingerprint density at radius 2 is 1.53 bits per heavy atom. The summed E-state index contributed by atoms with van der Waals surface area (Å²) in [5, 5.41) is 36.7. The second-order valence-electron chi connectivity index (χ2n) is 20.6. The molecular formula is C47H65NO3. The first-order valence-corrected chi connectivity index (χ1v) is 21.5. The van der Waals surface area contributed by atoms with E-state index in [9.17, 15) is 15.3 Å². The molecule has 0 radical (unpaired) electrons. The quantitative estimate of drug-likeness (QED) is 0.301. The number of piperidine rings is 2. The fraction of sp³-hybridized carbons (Fsp3) is 0.745. The Hall–Kier alpha value is -1.72. The molecule has 0 aromatic heterocycles. The number of benzene rings is 2. The number of aliphatic hydroxyl groups excluding tert-OH is 2. The third kappa shape index (κ3) is 5.11. The van der Waals surface area contributed by atoms with Gasteiger partial charge in [-0.15, -0.1) is 0 Å². The summed E-state index contributed by atoms with van der Waals surface area (Å²) in [6.45, 7) is 6.98. The lowest BCUT2D eigenvalue weighted by Gasteiger charge is -2.68. The molecular weight excluding hydrogens is 627 g/mol. The maximum absolute atomic E-state index is 12.3. The van der Waals surface area contributed by atoms with Gasteiger partial charge < -0.3 is 15.3 Å². The zero-order valence-electron chi connectivity index (χ0n) is 31.6. The first-order chi connectivity index (χ1) is 24.6. The summed E-state index contributed by atoms with van der Waals surface area (Å²) in [7, 11) is 0. The fourth-order valence-electron chi connectivity index (χ4n) is 16.6. The first-order valence-electron chi connectivity index (χ1n) is 21.5. The van der Waals surface area contributed by atoms with Gasteiger partial charge in [-0.1, -0.05) is 67.9 Å². The highest BCUT2D eigenvalue weighted by molar-refractivity contribution is 5.30. The normalized spacial score (nSPS) is 50.2. The van der Waals surface area contributed by atoms with E-state index in [1.165, 1.54) is 74.6 Å². The fourth-order valence-corrected chi connectivity index (χ4v) is 16.6. The minimum Gasteiger partial charge on any atom is -0.393 e. The molecule has 3 N–H and O–H groups in total. The van der Waals surface area contributed by atoms with Crippen LogP contribution in [0.4, 0.5) is 0 Å². The Morgan fingerprint density at radius 1 is 0.745 bits per heavy atom. The highest BCUT2D eigenvalue weighted by Gasteiger charge is 2.73. The molecule has 6 aliphatic carbocycles. The molecule has 8 aliphatic rings. The third-order valence-corrected chi connectivity index (χ3v) is 18.3. The molecule has 2 aromatic carbocycles. The van der Waals surface area contributed by atoms with Crippen LogP contribution in [0.5, 0.6) is 0 Å². The second-order valence-corrected chi connectivity index (χ2v) is 20.6. The molecule has 15 atom stereocenters. The summed E-state index contributed by atoms with van der Waals surface area (Å²) in [4.78, 5) is 2.74. The number of hydrogen-bond donors (Lipinski definition) is 3. The minimum absolute atomic E-state index is 0.00489. The van der Waals surface area contributed by atoms with Gasteiger partial charge in [0.05, 0.1) is 17.8 Å². The van der Waals surface area contributed by atoms with Gasteiger partial charge in [0.25, 0.3) is 0 Å². The van der Waals surface area contributed by atoms with Gasteiger partial charge in [0.15, 0.2) is 0 Å². The van der Waals surface area contributed by atoms with Crippen LogP contribution in [0.3, 0.4) is 0 Å². The van der Waals surface area contributed by atoms with Crippen LogP contribution in [0, 0.1) is 63.6 Å². The lowest BCUT2D eigenvalue weighted by molar-refractivity contribution is -0.231. The minimum atomic E-state index is -0.589. The van der Waals surface area contributed by atoms with Crippen LogP contribution < -0.4 is 0 Å². The summed E-state index contributed by atoms with van der Waals surface area (Å²) in [5.74, 6) is 4.68. The number of fused-ring (bicyclic) bond motifs is 4. The predicted molar refractivity (Wildman–Crippen MR) is 203 cm³/mol. The summed E-state index contributed by atoms with van der Waals surface area (Å²) in [6.07, 6.45) is 18.1. The molecule has 51 heavy (non-hydrogen) atoms. The van der Waals surface area contributed by atoms with Gasteiger partial charge in [0.2, 0.25) is 0 Å². The lowest BCUT2D eigenvalue weighted by atomic mass is 9.38. The van der Waals surface area contributed by atoms with Gasteiger partial charge in [-0.3, -0.25) is 4.90 Å². The molecule has 2 spiro atoms. The van der Waals surface area contributed by atoms with E-state index in [0.717, 1.165) is 63.8 Å². The van der Waals surface area contributed by atoms with Crippen LogP contribution in [-0.4, -0.2) is 57.2 Å². The molecule has 6 saturated carbocycles. The molecule has 8 fully saturated rings. The molecule has 2 heterocycles. The number of nitrogens with zero attached hydrogens (tertiary/aromatic N) is 1. The highest BCUT2D eigenvalue weighted by atomic mass is 16.3. The van der Waals surface area contributed by atoms with E-state index in [0.29, 0.717) is 41.5 Å². The lowest BCUT2D eigenvalue weighted by Crippen LogP contribution is -2.67. The van der Waals surface area contributed by atoms with Crippen molar-refractivity contribution < 1.29 is 15.3 Å². The molecule has 2 bridgehead atoms. The molecule has 2 aliphatic heterocycles. The molecule has 4 nitrogen and oxygen atoms in total. The first kappa shape index (κ1) is 33.8. The van der Waals surface area contributed by atoms with Crippen LogP contribution in [0.2, 0.25) is 0 Å². The van der Waals surface area contributed by atoms with Gasteiger partial charge in [-0.05, 0) is 184 Å². The van der Waals surface area contributed by atoms with Gasteiger partial charge in [0, 0.05) is 19.1 Å². The maximum atomic E-state index is 12.3. The van der Waals surface area contributed by atoms with Gasteiger partial charge in [0.1, 0.15) is 0 Å². The summed E-state index contributed by atoms with van der Waals surface area (Å²) >= 11 is 0. The molecule has 15 unspecified atom stereocenters. The van der Waals surface area contributed by atoms with E-state index >= 15 is 0 Å². The van der Waals surface area contributed by atoms with Crippen molar-refractivity contribution in [2.24, 2.45) is 63.6 Å². The van der Waals surface area contributed by atoms with Gasteiger partial charge in [-0.25, -0.2) is 0 Å². The maximum Gasteiger partial charge on any atom is 0.0805 e. The summed E-state index contributed by atoms with van der Waals surface area (Å²) in [5.41, 5.74) is 4.08. The molecule has 2 aromatic rings. The van der Waals surface area contributed by atoms with Crippen molar-refractivity contribution in [3.63, 3.8) is 0 Å². The Labute approximate surface area is 307 Å². The van der Waals surface area contributed by atoms with Crippen molar-refractivity contribution in [1.29, 1.82) is 0 Å². The number of aliphatic hydroxyl groups is 3. The topological polar surface area (TPSA) is 63.9 Å². The zero-order valence-corrected chi connectivity index (χ0v) is 31.6. The van der Waals surface area contributed by atoms with E-state index in [-0.39, 0.29) is 34.4 Å². The second kappa shape index (κ2) is 12.1. The van der Waals surface area contributed by atoms with Crippen LogP contribution in [-0.2, 0) is 12.8 Å². The summed E-state index contributed by atoms with van der Waals surface area (Å²) < 4.78 is 0. The molecule has 4 heteroatoms. The van der Waals surface area contributed by atoms with Crippen LogP contribution >= 0.6 is 0 Å². The van der Waals surface area contributed by atoms with Crippen LogP contribution in [0.25, 0.3) is 0 Å². The van der Waals surface area contributed by atoms with E-state index in [1.807, 2.05) is 0 Å².